The number of pyridine rings is 1. The lowest BCUT2D eigenvalue weighted by atomic mass is 10.1. The maximum atomic E-state index is 12.3. The number of para-hydroxylation sites is 1. The van der Waals surface area contributed by atoms with Gasteiger partial charge in [0, 0.05) is 11.6 Å². The fourth-order valence-electron chi connectivity index (χ4n) is 2.58. The summed E-state index contributed by atoms with van der Waals surface area (Å²) in [5.74, 6) is 0. The molecule has 0 unspecified atom stereocenters. The highest BCUT2D eigenvalue weighted by Crippen LogP contribution is 2.24. The lowest BCUT2D eigenvalue weighted by Gasteiger charge is -2.23. The molecule has 24 heavy (non-hydrogen) atoms. The van der Waals surface area contributed by atoms with Gasteiger partial charge in [-0.1, -0.05) is 30.3 Å². The van der Waals surface area contributed by atoms with Crippen molar-refractivity contribution in [3.05, 3.63) is 71.9 Å². The van der Waals surface area contributed by atoms with Gasteiger partial charge < -0.3 is 0 Å². The van der Waals surface area contributed by atoms with Gasteiger partial charge >= 0.3 is 0 Å². The Kier molecular flexibility index (Phi) is 4.19. The average Bonchev–Trinajstić information content (AvgIpc) is 2.58. The molecule has 0 spiro atoms. The Morgan fingerprint density at radius 2 is 1.88 bits per heavy atom. The summed E-state index contributed by atoms with van der Waals surface area (Å²) in [5.41, 5.74) is 2.45. The van der Waals surface area contributed by atoms with Crippen molar-refractivity contribution in [1.82, 2.24) is 4.98 Å². The third-order valence-electron chi connectivity index (χ3n) is 3.69. The molecule has 0 bridgehead atoms. The van der Waals surface area contributed by atoms with E-state index in [2.05, 4.69) is 4.98 Å². The van der Waals surface area contributed by atoms with Crippen LogP contribution in [0.25, 0.3) is 10.9 Å². The monoisotopic (exact) mass is 337 g/mol. The van der Waals surface area contributed by atoms with E-state index in [9.17, 15) is 8.42 Å². The molecular weight excluding hydrogens is 322 g/mol. The fraction of sp³-hybridized carbons (Fsp3) is 0.111. The molecule has 0 aliphatic rings. The SMILES string of the molecule is CS(=O)(=O)N(Cc1cccc2cccnc12)c1cccc(C#N)c1. The molecule has 2 aromatic carbocycles. The molecule has 120 valence electrons. The normalized spacial score (nSPS) is 11.2. The molecule has 0 atom stereocenters. The van der Waals surface area contributed by atoms with Crippen molar-refractivity contribution >= 4 is 26.6 Å². The van der Waals surface area contributed by atoms with Crippen molar-refractivity contribution in [3.63, 3.8) is 0 Å². The van der Waals surface area contributed by atoms with Crippen LogP contribution in [-0.4, -0.2) is 19.7 Å². The molecule has 1 heterocycles. The summed E-state index contributed by atoms with van der Waals surface area (Å²) < 4.78 is 25.9. The first-order chi connectivity index (χ1) is 11.5. The van der Waals surface area contributed by atoms with Gasteiger partial charge in [0.15, 0.2) is 0 Å². The number of anilines is 1. The van der Waals surface area contributed by atoms with Crippen LogP contribution in [0.3, 0.4) is 0 Å². The Labute approximate surface area is 140 Å². The fourth-order valence-corrected chi connectivity index (χ4v) is 3.45. The molecule has 0 aliphatic carbocycles. The molecule has 6 heteroatoms. The smallest absolute Gasteiger partial charge is 0.232 e. The molecule has 5 nitrogen and oxygen atoms in total. The second kappa shape index (κ2) is 6.30. The highest BCUT2D eigenvalue weighted by atomic mass is 32.2. The largest absolute Gasteiger partial charge is 0.266 e. The lowest BCUT2D eigenvalue weighted by Crippen LogP contribution is -2.29. The summed E-state index contributed by atoms with van der Waals surface area (Å²) in [7, 11) is -3.51. The second-order valence-electron chi connectivity index (χ2n) is 5.42. The van der Waals surface area contributed by atoms with Gasteiger partial charge in [0.2, 0.25) is 10.0 Å². The number of nitriles is 1. The minimum atomic E-state index is -3.51. The maximum Gasteiger partial charge on any atom is 0.232 e. The van der Waals surface area contributed by atoms with Crippen molar-refractivity contribution in [2.75, 3.05) is 10.6 Å². The zero-order chi connectivity index (χ0) is 17.2. The molecule has 0 aliphatic heterocycles. The third-order valence-corrected chi connectivity index (χ3v) is 4.83. The number of sulfonamides is 1. The lowest BCUT2D eigenvalue weighted by molar-refractivity contribution is 0.596. The Bertz CT molecular complexity index is 1030. The highest BCUT2D eigenvalue weighted by Gasteiger charge is 2.19. The number of benzene rings is 2. The summed E-state index contributed by atoms with van der Waals surface area (Å²) >= 11 is 0. The summed E-state index contributed by atoms with van der Waals surface area (Å²) in [5, 5.41) is 10.0. The van der Waals surface area contributed by atoms with E-state index in [1.165, 1.54) is 4.31 Å². The van der Waals surface area contributed by atoms with Gasteiger partial charge in [-0.25, -0.2) is 8.42 Å². The predicted molar refractivity (Wildman–Crippen MR) is 93.9 cm³/mol. The summed E-state index contributed by atoms with van der Waals surface area (Å²) in [6.45, 7) is 0.155. The van der Waals surface area contributed by atoms with E-state index in [1.807, 2.05) is 36.4 Å². The van der Waals surface area contributed by atoms with E-state index >= 15 is 0 Å². The quantitative estimate of drug-likeness (QED) is 0.733. The molecule has 3 rings (SSSR count). The number of aromatic nitrogens is 1. The molecule has 0 saturated heterocycles. The van der Waals surface area contributed by atoms with Crippen molar-refractivity contribution in [3.8, 4) is 6.07 Å². The van der Waals surface area contributed by atoms with Crippen LogP contribution in [0.15, 0.2) is 60.8 Å². The van der Waals surface area contributed by atoms with E-state index in [4.69, 9.17) is 5.26 Å². The van der Waals surface area contributed by atoms with Crippen LogP contribution >= 0.6 is 0 Å². The van der Waals surface area contributed by atoms with Gasteiger partial charge in [0.1, 0.15) is 0 Å². The Morgan fingerprint density at radius 3 is 2.62 bits per heavy atom. The Balaban J connectivity index is 2.09. The zero-order valence-electron chi connectivity index (χ0n) is 13.0. The highest BCUT2D eigenvalue weighted by molar-refractivity contribution is 7.92. The summed E-state index contributed by atoms with van der Waals surface area (Å²) in [6.07, 6.45) is 2.84. The van der Waals surface area contributed by atoms with Gasteiger partial charge in [-0.15, -0.1) is 0 Å². The van der Waals surface area contributed by atoms with Crippen molar-refractivity contribution < 1.29 is 8.42 Å². The number of hydrogen-bond acceptors (Lipinski definition) is 4. The Hall–Kier alpha value is -2.91. The van der Waals surface area contributed by atoms with E-state index in [1.54, 1.807) is 30.5 Å². The number of rotatable bonds is 4. The minimum absolute atomic E-state index is 0.155. The van der Waals surface area contributed by atoms with Crippen LogP contribution in [0.5, 0.6) is 0 Å². The molecule has 0 radical (unpaired) electrons. The standard InChI is InChI=1S/C18H15N3O2S/c1-24(22,23)21(17-9-2-5-14(11-17)12-19)13-16-7-3-6-15-8-4-10-20-18(15)16/h2-11H,13H2,1H3. The molecule has 0 fully saturated rings. The van der Waals surface area contributed by atoms with Crippen LogP contribution in [0.1, 0.15) is 11.1 Å². The first-order valence-electron chi connectivity index (χ1n) is 7.29. The molecule has 0 N–H and O–H groups in total. The topological polar surface area (TPSA) is 74.1 Å². The van der Waals surface area contributed by atoms with Crippen LogP contribution < -0.4 is 4.31 Å². The predicted octanol–water partition coefficient (Wildman–Crippen LogP) is 3.07. The number of hydrogen-bond donors (Lipinski definition) is 0. The Morgan fingerprint density at radius 1 is 1.12 bits per heavy atom. The molecule has 0 amide bonds. The van der Waals surface area contributed by atoms with Gasteiger partial charge in [0.25, 0.3) is 0 Å². The molecule has 3 aromatic rings. The van der Waals surface area contributed by atoms with Crippen molar-refractivity contribution in [1.29, 1.82) is 5.26 Å². The zero-order valence-corrected chi connectivity index (χ0v) is 13.9. The van der Waals surface area contributed by atoms with E-state index in [-0.39, 0.29) is 6.54 Å². The van der Waals surface area contributed by atoms with E-state index in [0.717, 1.165) is 22.7 Å². The first kappa shape index (κ1) is 16.0. The van der Waals surface area contributed by atoms with Crippen LogP contribution in [0.4, 0.5) is 5.69 Å². The minimum Gasteiger partial charge on any atom is -0.266 e. The summed E-state index contributed by atoms with van der Waals surface area (Å²) in [4.78, 5) is 4.37. The second-order valence-corrected chi connectivity index (χ2v) is 7.33. The molecule has 0 saturated carbocycles. The first-order valence-corrected chi connectivity index (χ1v) is 9.14. The average molecular weight is 337 g/mol. The van der Waals surface area contributed by atoms with Gasteiger partial charge in [-0.3, -0.25) is 9.29 Å². The van der Waals surface area contributed by atoms with E-state index in [0.29, 0.717) is 11.3 Å². The van der Waals surface area contributed by atoms with Crippen molar-refractivity contribution in [2.45, 2.75) is 6.54 Å². The third kappa shape index (κ3) is 3.21. The molecule has 1 aromatic heterocycles. The van der Waals surface area contributed by atoms with Crippen LogP contribution in [-0.2, 0) is 16.6 Å². The summed E-state index contributed by atoms with van der Waals surface area (Å²) in [6, 6.07) is 18.1. The maximum absolute atomic E-state index is 12.3. The van der Waals surface area contributed by atoms with Gasteiger partial charge in [-0.2, -0.15) is 5.26 Å². The number of fused-ring (bicyclic) bond motifs is 1. The van der Waals surface area contributed by atoms with Gasteiger partial charge in [0.05, 0.1) is 35.6 Å². The number of nitrogens with zero attached hydrogens (tertiary/aromatic N) is 3. The van der Waals surface area contributed by atoms with Crippen LogP contribution in [0, 0.1) is 11.3 Å². The van der Waals surface area contributed by atoms with Crippen molar-refractivity contribution in [2.24, 2.45) is 0 Å². The van der Waals surface area contributed by atoms with Gasteiger partial charge in [-0.05, 0) is 29.8 Å². The van der Waals surface area contributed by atoms with Crippen LogP contribution in [0.2, 0.25) is 0 Å². The molecular formula is C18H15N3O2S. The van der Waals surface area contributed by atoms with E-state index < -0.39 is 10.0 Å².